The second kappa shape index (κ2) is 6.60. The zero-order chi connectivity index (χ0) is 17.2. The van der Waals surface area contributed by atoms with Gasteiger partial charge in [0.1, 0.15) is 6.42 Å². The van der Waals surface area contributed by atoms with Crippen molar-refractivity contribution in [2.24, 2.45) is 0 Å². The van der Waals surface area contributed by atoms with Gasteiger partial charge in [-0.3, -0.25) is 0 Å². The minimum Gasteiger partial charge on any atom is -0.420 e. The van der Waals surface area contributed by atoms with Crippen LogP contribution in [0.3, 0.4) is 0 Å². The fraction of sp³-hybridized carbons (Fsp3) is 0.111. The first-order valence-electron chi connectivity index (χ1n) is 7.66. The third kappa shape index (κ3) is 3.36. The Morgan fingerprint density at radius 3 is 2.72 bits per heavy atom. The summed E-state index contributed by atoms with van der Waals surface area (Å²) in [6.45, 7) is 2.01. The highest BCUT2D eigenvalue weighted by molar-refractivity contribution is 9.10. The van der Waals surface area contributed by atoms with Crippen molar-refractivity contribution >= 4 is 15.9 Å². The van der Waals surface area contributed by atoms with E-state index in [9.17, 15) is 0 Å². The molecule has 0 N–H and O–H groups in total. The van der Waals surface area contributed by atoms with Crippen LogP contribution in [-0.4, -0.2) is 20.3 Å². The molecular weight excluding hydrogens is 384 g/mol. The summed E-state index contributed by atoms with van der Waals surface area (Å²) in [5, 5.41) is 12.2. The summed E-state index contributed by atoms with van der Waals surface area (Å²) in [5.74, 6) is 1.87. The van der Waals surface area contributed by atoms with E-state index in [1.165, 1.54) is 0 Å². The van der Waals surface area contributed by atoms with E-state index >= 15 is 0 Å². The molecule has 4 rings (SSSR count). The molecule has 25 heavy (non-hydrogen) atoms. The van der Waals surface area contributed by atoms with Crippen molar-refractivity contribution in [1.29, 1.82) is 0 Å². The lowest BCUT2D eigenvalue weighted by molar-refractivity contribution is 0.374. The van der Waals surface area contributed by atoms with Gasteiger partial charge < -0.3 is 8.94 Å². The molecule has 2 aromatic heterocycles. The van der Waals surface area contributed by atoms with Crippen molar-refractivity contribution in [2.75, 3.05) is 0 Å². The van der Waals surface area contributed by atoms with Gasteiger partial charge in [0.2, 0.25) is 23.5 Å². The summed E-state index contributed by atoms with van der Waals surface area (Å²) < 4.78 is 12.0. The first-order valence-corrected chi connectivity index (χ1v) is 8.45. The summed E-state index contributed by atoms with van der Waals surface area (Å²) in [7, 11) is 0. The van der Waals surface area contributed by atoms with Crippen LogP contribution < -0.4 is 0 Å². The maximum absolute atomic E-state index is 5.70. The zero-order valence-electron chi connectivity index (χ0n) is 13.3. The van der Waals surface area contributed by atoms with E-state index in [-0.39, 0.29) is 0 Å². The van der Waals surface area contributed by atoms with E-state index < -0.39 is 0 Å². The van der Waals surface area contributed by atoms with Crippen LogP contribution in [0.1, 0.15) is 17.3 Å². The normalized spacial score (nSPS) is 11.0. The van der Waals surface area contributed by atoms with Gasteiger partial charge in [-0.25, -0.2) is 0 Å². The number of aromatic nitrogens is 4. The first-order chi connectivity index (χ1) is 12.2. The van der Waals surface area contributed by atoms with Crippen molar-refractivity contribution in [1.82, 2.24) is 20.3 Å². The van der Waals surface area contributed by atoms with E-state index in [0.717, 1.165) is 21.2 Å². The Bertz CT molecular complexity index is 1030. The quantitative estimate of drug-likeness (QED) is 0.506. The highest BCUT2D eigenvalue weighted by Gasteiger charge is 2.15. The van der Waals surface area contributed by atoms with Crippen molar-refractivity contribution < 1.29 is 8.94 Å². The van der Waals surface area contributed by atoms with Gasteiger partial charge in [-0.2, -0.15) is 4.98 Å². The lowest BCUT2D eigenvalue weighted by Crippen LogP contribution is -1.89. The van der Waals surface area contributed by atoms with Crippen LogP contribution in [-0.2, 0) is 6.42 Å². The lowest BCUT2D eigenvalue weighted by Gasteiger charge is -1.97. The van der Waals surface area contributed by atoms with E-state index in [2.05, 4.69) is 36.3 Å². The average molecular weight is 397 g/mol. The van der Waals surface area contributed by atoms with E-state index in [4.69, 9.17) is 8.94 Å². The monoisotopic (exact) mass is 396 g/mol. The summed E-state index contributed by atoms with van der Waals surface area (Å²) in [6.07, 6.45) is 0.292. The van der Waals surface area contributed by atoms with Crippen molar-refractivity contribution in [3.05, 3.63) is 70.3 Å². The Morgan fingerprint density at radius 1 is 1.00 bits per heavy atom. The predicted octanol–water partition coefficient (Wildman–Crippen LogP) is 4.45. The van der Waals surface area contributed by atoms with Gasteiger partial charge in [-0.1, -0.05) is 51.4 Å². The molecule has 4 aromatic rings. The fourth-order valence-electron chi connectivity index (χ4n) is 2.45. The molecule has 0 unspecified atom stereocenters. The maximum Gasteiger partial charge on any atom is 0.247 e. The summed E-state index contributed by atoms with van der Waals surface area (Å²) in [4.78, 5) is 4.42. The fourth-order valence-corrected chi connectivity index (χ4v) is 2.85. The molecule has 6 nitrogen and oxygen atoms in total. The topological polar surface area (TPSA) is 77.8 Å². The third-order valence-electron chi connectivity index (χ3n) is 3.69. The predicted molar refractivity (Wildman–Crippen MR) is 94.7 cm³/mol. The molecule has 124 valence electrons. The Morgan fingerprint density at radius 2 is 1.88 bits per heavy atom. The van der Waals surface area contributed by atoms with Gasteiger partial charge in [0, 0.05) is 15.6 Å². The Balaban J connectivity index is 1.55. The number of hydrogen-bond donors (Lipinski definition) is 0. The van der Waals surface area contributed by atoms with Gasteiger partial charge in [0.05, 0.1) is 0 Å². The molecule has 0 bridgehead atoms. The Kier molecular flexibility index (Phi) is 4.15. The number of rotatable bonds is 4. The van der Waals surface area contributed by atoms with Crippen LogP contribution >= 0.6 is 15.9 Å². The molecule has 0 fully saturated rings. The van der Waals surface area contributed by atoms with Crippen molar-refractivity contribution in [3.8, 4) is 22.8 Å². The first kappa shape index (κ1) is 15.7. The van der Waals surface area contributed by atoms with Crippen LogP contribution in [0.5, 0.6) is 0 Å². The smallest absolute Gasteiger partial charge is 0.247 e. The number of benzene rings is 2. The molecule has 7 heteroatoms. The molecular formula is C18H13BrN4O2. The molecule has 2 heterocycles. The minimum atomic E-state index is 0.292. The van der Waals surface area contributed by atoms with Gasteiger partial charge in [0.15, 0.2) is 0 Å². The highest BCUT2D eigenvalue weighted by atomic mass is 79.9. The summed E-state index contributed by atoms with van der Waals surface area (Å²) in [5.41, 5.74) is 2.88. The molecule has 0 saturated heterocycles. The van der Waals surface area contributed by atoms with E-state index in [0.29, 0.717) is 29.9 Å². The molecule has 0 saturated carbocycles. The molecule has 0 amide bonds. The third-order valence-corrected chi connectivity index (χ3v) is 4.19. The Labute approximate surface area is 152 Å². The summed E-state index contributed by atoms with van der Waals surface area (Å²) in [6, 6.07) is 15.6. The standard InChI is InChI=1S/C18H13BrN4O2/c1-11-5-2-3-8-14(11)17-20-15(25-23-17)10-16-21-22-18(24-16)12-6-4-7-13(19)9-12/h2-9H,10H2,1H3. The molecule has 0 atom stereocenters. The molecule has 0 aliphatic carbocycles. The van der Waals surface area contributed by atoms with Gasteiger partial charge in [0.25, 0.3) is 0 Å². The second-order valence-electron chi connectivity index (χ2n) is 5.51. The number of aryl methyl sites for hydroxylation is 1. The van der Waals surface area contributed by atoms with E-state index in [1.54, 1.807) is 0 Å². The van der Waals surface area contributed by atoms with Gasteiger partial charge in [-0.05, 0) is 30.7 Å². The summed E-state index contributed by atoms with van der Waals surface area (Å²) >= 11 is 3.43. The van der Waals surface area contributed by atoms with Crippen molar-refractivity contribution in [3.63, 3.8) is 0 Å². The number of hydrogen-bond acceptors (Lipinski definition) is 6. The molecule has 0 aliphatic heterocycles. The lowest BCUT2D eigenvalue weighted by atomic mass is 10.1. The van der Waals surface area contributed by atoms with Crippen LogP contribution in [0.25, 0.3) is 22.8 Å². The highest BCUT2D eigenvalue weighted by Crippen LogP contribution is 2.23. The van der Waals surface area contributed by atoms with Crippen LogP contribution in [0.2, 0.25) is 0 Å². The SMILES string of the molecule is Cc1ccccc1-c1noc(Cc2nnc(-c3cccc(Br)c3)o2)n1. The minimum absolute atomic E-state index is 0.292. The van der Waals surface area contributed by atoms with Gasteiger partial charge >= 0.3 is 0 Å². The Hall–Kier alpha value is -2.80. The molecule has 0 aliphatic rings. The largest absolute Gasteiger partial charge is 0.420 e. The molecule has 2 aromatic carbocycles. The molecule has 0 spiro atoms. The van der Waals surface area contributed by atoms with Crippen LogP contribution in [0.15, 0.2) is 61.9 Å². The average Bonchev–Trinajstić information content (AvgIpc) is 3.25. The van der Waals surface area contributed by atoms with E-state index in [1.807, 2.05) is 55.5 Å². The van der Waals surface area contributed by atoms with Crippen molar-refractivity contribution in [2.45, 2.75) is 13.3 Å². The molecule has 0 radical (unpaired) electrons. The van der Waals surface area contributed by atoms with Gasteiger partial charge in [-0.15, -0.1) is 10.2 Å². The van der Waals surface area contributed by atoms with Crippen LogP contribution in [0.4, 0.5) is 0 Å². The number of halogens is 1. The second-order valence-corrected chi connectivity index (χ2v) is 6.43. The number of nitrogens with zero attached hydrogens (tertiary/aromatic N) is 4. The van der Waals surface area contributed by atoms with Crippen LogP contribution in [0, 0.1) is 6.92 Å². The zero-order valence-corrected chi connectivity index (χ0v) is 14.9. The maximum atomic E-state index is 5.70.